The molecule has 2 N–H and O–H groups in total. The van der Waals surface area contributed by atoms with Crippen LogP contribution in [0.4, 0.5) is 0 Å². The molecule has 0 bridgehead atoms. The summed E-state index contributed by atoms with van der Waals surface area (Å²) in [5, 5.41) is 5.91. The van der Waals surface area contributed by atoms with Crippen molar-refractivity contribution in [3.05, 3.63) is 59.7 Å². The summed E-state index contributed by atoms with van der Waals surface area (Å²) < 4.78 is 2.19. The SMILES string of the molecule is CCCNC(=O)c1ccccc1[Se][Se]c1ccccc1C(=O)NCCC. The van der Waals surface area contributed by atoms with Gasteiger partial charge in [-0.2, -0.15) is 0 Å². The Bertz CT molecular complexity index is 687. The number of hydrogen-bond acceptors (Lipinski definition) is 2. The van der Waals surface area contributed by atoms with Crippen LogP contribution in [0.5, 0.6) is 0 Å². The van der Waals surface area contributed by atoms with Gasteiger partial charge in [0.05, 0.1) is 0 Å². The predicted octanol–water partition coefficient (Wildman–Crippen LogP) is 1.24. The number of amides is 2. The summed E-state index contributed by atoms with van der Waals surface area (Å²) in [6.07, 6.45) is 1.84. The van der Waals surface area contributed by atoms with Crippen molar-refractivity contribution in [1.82, 2.24) is 10.6 Å². The van der Waals surface area contributed by atoms with Gasteiger partial charge in [0, 0.05) is 0 Å². The summed E-state index contributed by atoms with van der Waals surface area (Å²) in [5.41, 5.74) is 1.52. The molecular formula is C20H24N2O2Se2. The van der Waals surface area contributed by atoms with Crippen molar-refractivity contribution in [3.63, 3.8) is 0 Å². The molecule has 26 heavy (non-hydrogen) atoms. The van der Waals surface area contributed by atoms with Crippen LogP contribution in [0.1, 0.15) is 47.4 Å². The molecule has 2 rings (SSSR count). The van der Waals surface area contributed by atoms with Crippen molar-refractivity contribution in [2.24, 2.45) is 0 Å². The van der Waals surface area contributed by atoms with E-state index < -0.39 is 0 Å². The first-order chi connectivity index (χ1) is 12.7. The Morgan fingerprint density at radius 3 is 1.50 bits per heavy atom. The van der Waals surface area contributed by atoms with E-state index in [4.69, 9.17) is 0 Å². The van der Waals surface area contributed by atoms with Crippen LogP contribution < -0.4 is 19.6 Å². The molecule has 0 heterocycles. The van der Waals surface area contributed by atoms with Crippen molar-refractivity contribution < 1.29 is 9.59 Å². The van der Waals surface area contributed by atoms with Crippen molar-refractivity contribution >= 4 is 47.0 Å². The first-order valence-electron chi connectivity index (χ1n) is 8.76. The zero-order valence-electron chi connectivity index (χ0n) is 15.1. The summed E-state index contributed by atoms with van der Waals surface area (Å²) in [6, 6.07) is 15.6. The van der Waals surface area contributed by atoms with Gasteiger partial charge in [0.15, 0.2) is 0 Å². The molecule has 4 nitrogen and oxygen atoms in total. The van der Waals surface area contributed by atoms with E-state index in [-0.39, 0.29) is 38.1 Å². The summed E-state index contributed by atoms with van der Waals surface area (Å²) >= 11 is 0.266. The van der Waals surface area contributed by atoms with Crippen molar-refractivity contribution in [2.75, 3.05) is 13.1 Å². The van der Waals surface area contributed by atoms with Crippen LogP contribution in [-0.2, 0) is 0 Å². The Labute approximate surface area is 166 Å². The predicted molar refractivity (Wildman–Crippen MR) is 109 cm³/mol. The van der Waals surface area contributed by atoms with E-state index in [0.29, 0.717) is 13.1 Å². The van der Waals surface area contributed by atoms with Crippen LogP contribution >= 0.6 is 0 Å². The fourth-order valence-electron chi connectivity index (χ4n) is 2.21. The van der Waals surface area contributed by atoms with E-state index in [9.17, 15) is 9.59 Å². The first-order valence-corrected chi connectivity index (χ1v) is 14.8. The zero-order chi connectivity index (χ0) is 18.8. The molecule has 2 aromatic rings. The van der Waals surface area contributed by atoms with Crippen LogP contribution in [0.15, 0.2) is 48.5 Å². The van der Waals surface area contributed by atoms with Gasteiger partial charge in [-0.15, -0.1) is 0 Å². The van der Waals surface area contributed by atoms with Gasteiger partial charge in [-0.3, -0.25) is 0 Å². The molecular weight excluding hydrogens is 458 g/mol. The van der Waals surface area contributed by atoms with Gasteiger partial charge in [0.2, 0.25) is 0 Å². The molecule has 0 unspecified atom stereocenters. The monoisotopic (exact) mass is 484 g/mol. The molecule has 0 aliphatic carbocycles. The van der Waals surface area contributed by atoms with Crippen molar-refractivity contribution in [3.8, 4) is 0 Å². The second kappa shape index (κ2) is 11.2. The Morgan fingerprint density at radius 1 is 0.731 bits per heavy atom. The van der Waals surface area contributed by atoms with Crippen LogP contribution in [0.2, 0.25) is 0 Å². The average Bonchev–Trinajstić information content (AvgIpc) is 2.69. The van der Waals surface area contributed by atoms with Crippen LogP contribution in [0, 0.1) is 0 Å². The second-order valence-corrected chi connectivity index (χ2v) is 11.8. The number of nitrogens with one attached hydrogen (secondary N) is 2. The fourth-order valence-corrected chi connectivity index (χ4v) is 9.33. The van der Waals surface area contributed by atoms with Crippen LogP contribution in [0.3, 0.4) is 0 Å². The quantitative estimate of drug-likeness (QED) is 0.529. The molecule has 2 amide bonds. The summed E-state index contributed by atoms with van der Waals surface area (Å²) in [6.45, 7) is 5.46. The molecule has 0 aliphatic heterocycles. The average molecular weight is 482 g/mol. The number of carbonyl (C=O) groups excluding carboxylic acids is 2. The Balaban J connectivity index is 2.12. The Morgan fingerprint density at radius 2 is 1.12 bits per heavy atom. The number of rotatable bonds is 9. The Hall–Kier alpha value is -1.58. The van der Waals surface area contributed by atoms with Gasteiger partial charge in [0.1, 0.15) is 0 Å². The van der Waals surface area contributed by atoms with Crippen LogP contribution in [-0.4, -0.2) is 51.2 Å². The van der Waals surface area contributed by atoms with E-state index in [0.717, 1.165) is 32.9 Å². The zero-order valence-corrected chi connectivity index (χ0v) is 18.5. The summed E-state index contributed by atoms with van der Waals surface area (Å²) in [5.74, 6) is -0.0109. The number of carbonyl (C=O) groups is 2. The molecule has 0 spiro atoms. The van der Waals surface area contributed by atoms with Gasteiger partial charge in [-0.1, -0.05) is 0 Å². The molecule has 2 aromatic carbocycles. The maximum absolute atomic E-state index is 12.4. The van der Waals surface area contributed by atoms with E-state index in [1.165, 1.54) is 0 Å². The number of benzene rings is 2. The van der Waals surface area contributed by atoms with Crippen molar-refractivity contribution in [1.29, 1.82) is 0 Å². The number of hydrogen-bond donors (Lipinski definition) is 2. The molecule has 138 valence electrons. The molecule has 0 atom stereocenters. The first kappa shape index (κ1) is 20.7. The molecule has 6 heteroatoms. The fraction of sp³-hybridized carbons (Fsp3) is 0.300. The van der Waals surface area contributed by atoms with Crippen molar-refractivity contribution in [2.45, 2.75) is 26.7 Å². The van der Waals surface area contributed by atoms with Crippen LogP contribution in [0.25, 0.3) is 0 Å². The van der Waals surface area contributed by atoms with Gasteiger partial charge >= 0.3 is 167 Å². The van der Waals surface area contributed by atoms with E-state index in [2.05, 4.69) is 10.6 Å². The van der Waals surface area contributed by atoms with Gasteiger partial charge in [-0.05, 0) is 0 Å². The standard InChI is InChI=1S/C20H24N2O2Se2/c1-3-13-21-19(23)15-9-5-7-11-17(15)25-26-18-12-8-6-10-16(18)20(24)22-14-4-2/h5-12H,3-4,13-14H2,1-2H3,(H,21,23)(H,22,24). The van der Waals surface area contributed by atoms with Gasteiger partial charge in [0.25, 0.3) is 0 Å². The third-order valence-corrected chi connectivity index (χ3v) is 10.8. The minimum atomic E-state index is -0.00546. The van der Waals surface area contributed by atoms with Gasteiger partial charge in [-0.25, -0.2) is 0 Å². The van der Waals surface area contributed by atoms with E-state index >= 15 is 0 Å². The topological polar surface area (TPSA) is 58.2 Å². The maximum atomic E-state index is 12.4. The summed E-state index contributed by atoms with van der Waals surface area (Å²) in [4.78, 5) is 24.7. The van der Waals surface area contributed by atoms with Gasteiger partial charge < -0.3 is 0 Å². The molecule has 0 radical (unpaired) electrons. The molecule has 0 fully saturated rings. The second-order valence-electron chi connectivity index (χ2n) is 5.67. The normalized spacial score (nSPS) is 10.4. The Kier molecular flexibility index (Phi) is 8.93. The summed E-state index contributed by atoms with van der Waals surface area (Å²) in [7, 11) is 0. The molecule has 0 saturated heterocycles. The third-order valence-electron chi connectivity index (χ3n) is 3.56. The molecule has 0 aliphatic rings. The van der Waals surface area contributed by atoms with E-state index in [1.807, 2.05) is 62.4 Å². The minimum absolute atomic E-state index is 0.00546. The molecule has 0 saturated carbocycles. The molecule has 0 aromatic heterocycles. The third kappa shape index (κ3) is 6.00. The van der Waals surface area contributed by atoms with E-state index in [1.54, 1.807) is 0 Å².